The van der Waals surface area contributed by atoms with E-state index in [1.54, 1.807) is 12.1 Å². The van der Waals surface area contributed by atoms with Crippen LogP contribution in [0.3, 0.4) is 0 Å². The van der Waals surface area contributed by atoms with E-state index in [2.05, 4.69) is 0 Å². The monoisotopic (exact) mass is 756 g/mol. The zero-order valence-corrected chi connectivity index (χ0v) is 27.9. The molecule has 288 valence electrons. The van der Waals surface area contributed by atoms with Crippen LogP contribution in [0.4, 0.5) is 0 Å². The van der Waals surface area contributed by atoms with Gasteiger partial charge in [0.15, 0.2) is 5.76 Å². The fraction of sp³-hybridized carbons (Fsp3) is 0.333. The molecule has 10 atom stereocenters. The molecule has 0 bridgehead atoms. The van der Waals surface area contributed by atoms with Crippen LogP contribution in [0.5, 0.6) is 28.7 Å². The molecular weight excluding hydrogens is 720 g/mol. The molecule has 10 N–H and O–H groups in total. The summed E-state index contributed by atoms with van der Waals surface area (Å²) in [6.45, 7) is -1.32. The second kappa shape index (κ2) is 16.0. The van der Waals surface area contributed by atoms with Crippen molar-refractivity contribution in [3.05, 3.63) is 82.5 Å². The van der Waals surface area contributed by atoms with E-state index >= 15 is 0 Å². The second-order valence-electron chi connectivity index (χ2n) is 12.5. The lowest BCUT2D eigenvalue weighted by atomic mass is 9.99. The quantitative estimate of drug-likeness (QED) is 0.0700. The number of phenolic OH excluding ortho intramolecular Hbond substituents is 3. The van der Waals surface area contributed by atoms with Crippen molar-refractivity contribution in [3.63, 3.8) is 0 Å². The van der Waals surface area contributed by atoms with Crippen LogP contribution in [0.2, 0.25) is 0 Å². The topological polar surface area (TPSA) is 296 Å². The van der Waals surface area contributed by atoms with Crippen LogP contribution in [0.25, 0.3) is 28.4 Å². The largest absolute Gasteiger partial charge is 0.508 e. The Morgan fingerprint density at radius 2 is 1.33 bits per heavy atom. The number of hydrogen-bond acceptors (Lipinski definition) is 18. The first kappa shape index (κ1) is 38.4. The van der Waals surface area contributed by atoms with E-state index in [1.807, 2.05) is 0 Å². The summed E-state index contributed by atoms with van der Waals surface area (Å²) in [5, 5.41) is 102. The van der Waals surface area contributed by atoms with Gasteiger partial charge in [-0.25, -0.2) is 4.79 Å². The molecule has 0 aliphatic carbocycles. The third kappa shape index (κ3) is 7.97. The molecule has 0 spiro atoms. The standard InChI is InChI=1S/C36H36O18/c37-13-22-26(42)29(45)31(47)35(52-22)50-19-8-4-16(5-9-19)33-34(28(44)25-20(40)11-18(39)12-21(25)51-33)54-36-32(48)30(46)27(43)23(53-36)14-49-24(41)10-3-15-1-6-17(38)7-2-15/h1-12,22-23,26-27,29-32,35-40,42-43,45-48H,13-14H2. The molecule has 2 saturated heterocycles. The zero-order valence-electron chi connectivity index (χ0n) is 27.9. The number of rotatable bonds is 10. The number of fused-ring (bicyclic) bond motifs is 1. The number of benzene rings is 3. The summed E-state index contributed by atoms with van der Waals surface area (Å²) in [6, 6.07) is 13.2. The number of aromatic hydroxyl groups is 3. The molecule has 0 amide bonds. The number of carbonyl (C=O) groups is 1. The summed E-state index contributed by atoms with van der Waals surface area (Å²) < 4.78 is 33.5. The van der Waals surface area contributed by atoms with Crippen molar-refractivity contribution in [1.82, 2.24) is 0 Å². The molecule has 18 nitrogen and oxygen atoms in total. The smallest absolute Gasteiger partial charge is 0.330 e. The van der Waals surface area contributed by atoms with Crippen molar-refractivity contribution in [3.8, 4) is 40.1 Å². The van der Waals surface area contributed by atoms with Crippen LogP contribution in [0.15, 0.2) is 76.0 Å². The van der Waals surface area contributed by atoms with Gasteiger partial charge in [0.25, 0.3) is 0 Å². The van der Waals surface area contributed by atoms with Crippen LogP contribution >= 0.6 is 0 Å². The highest BCUT2D eigenvalue weighted by molar-refractivity contribution is 5.88. The number of esters is 1. The van der Waals surface area contributed by atoms with E-state index in [9.17, 15) is 60.7 Å². The predicted octanol–water partition coefficient (Wildman–Crippen LogP) is -0.802. The maximum atomic E-state index is 13.9. The van der Waals surface area contributed by atoms with Gasteiger partial charge in [0.1, 0.15) is 89.4 Å². The Labute approximate surface area is 304 Å². The maximum absolute atomic E-state index is 13.9. The van der Waals surface area contributed by atoms with E-state index in [0.717, 1.165) is 18.2 Å². The molecule has 18 heteroatoms. The van der Waals surface area contributed by atoms with Crippen molar-refractivity contribution in [1.29, 1.82) is 0 Å². The van der Waals surface area contributed by atoms with Crippen LogP contribution < -0.4 is 14.9 Å². The SMILES string of the molecule is O=C(C=Cc1ccc(O)cc1)OCC1OC(Oc2c(-c3ccc(OC4OC(CO)C(O)C(O)C4O)cc3)oc3cc(O)cc(O)c3c2=O)C(O)C(O)C1O. The van der Waals surface area contributed by atoms with Gasteiger partial charge in [-0.1, -0.05) is 12.1 Å². The molecule has 10 unspecified atom stereocenters. The Morgan fingerprint density at radius 3 is 1.98 bits per heavy atom. The Hall–Kier alpha value is -5.28. The lowest BCUT2D eigenvalue weighted by molar-refractivity contribution is -0.278. The van der Waals surface area contributed by atoms with Crippen LogP contribution in [0, 0.1) is 0 Å². The lowest BCUT2D eigenvalue weighted by Gasteiger charge is -2.39. The van der Waals surface area contributed by atoms with Crippen molar-refractivity contribution in [2.75, 3.05) is 13.2 Å². The molecule has 0 radical (unpaired) electrons. The summed E-state index contributed by atoms with van der Waals surface area (Å²) in [5.74, 6) is -2.94. The number of phenols is 3. The predicted molar refractivity (Wildman–Crippen MR) is 181 cm³/mol. The summed E-state index contributed by atoms with van der Waals surface area (Å²) in [4.78, 5) is 26.3. The minimum Gasteiger partial charge on any atom is -0.508 e. The lowest BCUT2D eigenvalue weighted by Crippen LogP contribution is -2.60. The fourth-order valence-electron chi connectivity index (χ4n) is 5.78. The number of hydrogen-bond donors (Lipinski definition) is 10. The van der Waals surface area contributed by atoms with Gasteiger partial charge in [-0.15, -0.1) is 0 Å². The first-order chi connectivity index (χ1) is 25.7. The molecule has 54 heavy (non-hydrogen) atoms. The molecule has 6 rings (SSSR count). The van der Waals surface area contributed by atoms with Crippen molar-refractivity contribution in [2.24, 2.45) is 0 Å². The molecule has 1 aromatic heterocycles. The Morgan fingerprint density at radius 1 is 0.722 bits per heavy atom. The third-order valence-corrected chi connectivity index (χ3v) is 8.73. The molecule has 2 aliphatic heterocycles. The number of aliphatic hydroxyl groups excluding tert-OH is 7. The van der Waals surface area contributed by atoms with Gasteiger partial charge >= 0.3 is 5.97 Å². The molecule has 0 saturated carbocycles. The number of carbonyl (C=O) groups excluding carboxylic acids is 1. The molecule has 2 fully saturated rings. The van der Waals surface area contributed by atoms with E-state index in [1.165, 1.54) is 42.5 Å². The van der Waals surface area contributed by atoms with E-state index in [0.29, 0.717) is 5.56 Å². The second-order valence-corrected chi connectivity index (χ2v) is 12.5. The Balaban J connectivity index is 1.26. The molecule has 2 aliphatic rings. The van der Waals surface area contributed by atoms with Crippen molar-refractivity contribution >= 4 is 23.0 Å². The number of aliphatic hydroxyl groups is 7. The summed E-state index contributed by atoms with van der Waals surface area (Å²) in [6.07, 6.45) is -14.4. The van der Waals surface area contributed by atoms with Gasteiger partial charge in [0.2, 0.25) is 23.8 Å². The zero-order chi connectivity index (χ0) is 38.8. The third-order valence-electron chi connectivity index (χ3n) is 8.73. The molecule has 3 aromatic carbocycles. The summed E-state index contributed by atoms with van der Waals surface area (Å²) >= 11 is 0. The summed E-state index contributed by atoms with van der Waals surface area (Å²) in [5.41, 5.74) is -0.630. The van der Waals surface area contributed by atoms with E-state index < -0.39 is 109 Å². The van der Waals surface area contributed by atoms with Crippen molar-refractivity contribution in [2.45, 2.75) is 61.4 Å². The first-order valence-corrected chi connectivity index (χ1v) is 16.4. The average molecular weight is 757 g/mol. The average Bonchev–Trinajstić information content (AvgIpc) is 3.15. The normalized spacial score (nSPS) is 28.6. The van der Waals surface area contributed by atoms with E-state index in [4.69, 9.17) is 28.1 Å². The fourth-order valence-corrected chi connectivity index (χ4v) is 5.78. The van der Waals surface area contributed by atoms with Crippen LogP contribution in [-0.4, -0.2) is 132 Å². The van der Waals surface area contributed by atoms with Gasteiger partial charge in [-0.3, -0.25) is 4.79 Å². The van der Waals surface area contributed by atoms with Gasteiger partial charge < -0.3 is 79.2 Å². The van der Waals surface area contributed by atoms with Gasteiger partial charge in [0.05, 0.1) is 6.61 Å². The van der Waals surface area contributed by atoms with Gasteiger partial charge in [-0.05, 0) is 48.0 Å². The Bertz CT molecular complexity index is 2030. The van der Waals surface area contributed by atoms with Crippen LogP contribution in [0.1, 0.15) is 5.56 Å². The Kier molecular flexibility index (Phi) is 11.4. The minimum atomic E-state index is -1.98. The highest BCUT2D eigenvalue weighted by Gasteiger charge is 2.47. The summed E-state index contributed by atoms with van der Waals surface area (Å²) in [7, 11) is 0. The van der Waals surface area contributed by atoms with Gasteiger partial charge in [-0.2, -0.15) is 0 Å². The maximum Gasteiger partial charge on any atom is 0.330 e. The molecule has 3 heterocycles. The highest BCUT2D eigenvalue weighted by atomic mass is 16.7. The molecule has 4 aromatic rings. The van der Waals surface area contributed by atoms with Crippen molar-refractivity contribution < 1.29 is 84.0 Å². The first-order valence-electron chi connectivity index (χ1n) is 16.4. The van der Waals surface area contributed by atoms with E-state index in [-0.39, 0.29) is 28.4 Å². The van der Waals surface area contributed by atoms with Gasteiger partial charge in [0, 0.05) is 23.8 Å². The number of ether oxygens (including phenoxy) is 5. The molecular formula is C36H36O18. The minimum absolute atomic E-state index is 0.0259. The highest BCUT2D eigenvalue weighted by Crippen LogP contribution is 2.38. The van der Waals surface area contributed by atoms with Crippen LogP contribution in [-0.2, 0) is 19.0 Å².